The Morgan fingerprint density at radius 3 is 0.857 bits per heavy atom. The molecular formula is C60H100N12O40. The predicted molar refractivity (Wildman–Crippen MR) is 361 cm³/mol. The van der Waals surface area contributed by atoms with Crippen molar-refractivity contribution in [2.75, 3.05) is 203 Å². The molecule has 14 atom stereocenters. The maximum Gasteiger partial charge on any atom is 0.317 e. The lowest BCUT2D eigenvalue weighted by atomic mass is 9.94. The van der Waals surface area contributed by atoms with E-state index in [4.69, 9.17) is 18.9 Å². The van der Waals surface area contributed by atoms with Crippen molar-refractivity contribution in [3.63, 3.8) is 0 Å². The summed E-state index contributed by atoms with van der Waals surface area (Å²) in [6.07, 6.45) is -25.3. The van der Waals surface area contributed by atoms with Gasteiger partial charge in [-0.25, -0.2) is 0 Å². The van der Waals surface area contributed by atoms with Crippen LogP contribution in [0.3, 0.4) is 0 Å². The number of hydrogen-bond acceptors (Lipinski definition) is 37. The molecule has 0 unspecified atom stereocenters. The highest BCUT2D eigenvalue weighted by atomic mass is 16.7. The number of nitrogens with zero attached hydrogens (tertiary/aromatic N) is 9. The van der Waals surface area contributed by atoms with Crippen molar-refractivity contribution in [3.05, 3.63) is 0 Å². The van der Waals surface area contributed by atoms with Crippen molar-refractivity contribution in [1.82, 2.24) is 60.0 Å². The van der Waals surface area contributed by atoms with E-state index in [0.29, 0.717) is 0 Å². The van der Waals surface area contributed by atoms with Gasteiger partial charge in [0.1, 0.15) is 67.0 Å². The summed E-state index contributed by atoms with van der Waals surface area (Å²) < 4.78 is 23.8. The molecule has 2 aliphatic heterocycles. The van der Waals surface area contributed by atoms with Crippen LogP contribution in [0.4, 0.5) is 0 Å². The van der Waals surface area contributed by atoms with E-state index >= 15 is 0 Å². The fourth-order valence-electron chi connectivity index (χ4n) is 11.5. The first-order chi connectivity index (χ1) is 52.5. The Balaban J connectivity index is 2.78. The quantitative estimate of drug-likeness (QED) is 0.0269. The first-order valence-corrected chi connectivity index (χ1v) is 33.9. The maximum absolute atomic E-state index is 14.5. The van der Waals surface area contributed by atoms with Crippen molar-refractivity contribution in [3.8, 4) is 0 Å². The number of ether oxygens (including phenoxy) is 4. The van der Waals surface area contributed by atoms with E-state index < -0.39 is 332 Å². The number of carboxylic acids is 12. The van der Waals surface area contributed by atoms with E-state index in [9.17, 15) is 179 Å². The molecule has 2 fully saturated rings. The van der Waals surface area contributed by atoms with Gasteiger partial charge >= 0.3 is 71.6 Å². The van der Waals surface area contributed by atoms with Gasteiger partial charge in [0, 0.05) is 78.5 Å². The third-order valence-electron chi connectivity index (χ3n) is 16.6. The maximum atomic E-state index is 14.5. The van der Waals surface area contributed by atoms with Crippen LogP contribution >= 0.6 is 0 Å². The number of carboxylic acid groups (broad SMARTS) is 12. The lowest BCUT2D eigenvalue weighted by Gasteiger charge is -2.49. The van der Waals surface area contributed by atoms with E-state index in [-0.39, 0.29) is 45.8 Å². The minimum atomic E-state index is -2.52. The van der Waals surface area contributed by atoms with Gasteiger partial charge in [-0.2, -0.15) is 0 Å². The third-order valence-corrected chi connectivity index (χ3v) is 16.6. The molecule has 3 amide bonds. The number of carbonyl (C=O) groups is 15. The van der Waals surface area contributed by atoms with Crippen molar-refractivity contribution in [1.29, 1.82) is 0 Å². The van der Waals surface area contributed by atoms with Gasteiger partial charge in [-0.1, -0.05) is 0 Å². The fourth-order valence-corrected chi connectivity index (χ4v) is 11.5. The van der Waals surface area contributed by atoms with Crippen LogP contribution in [0.2, 0.25) is 0 Å². The van der Waals surface area contributed by atoms with E-state index in [1.165, 1.54) is 0 Å². The summed E-state index contributed by atoms with van der Waals surface area (Å²) in [5, 5.41) is 222. The van der Waals surface area contributed by atoms with Crippen molar-refractivity contribution in [2.24, 2.45) is 0 Å². The van der Waals surface area contributed by atoms with Crippen molar-refractivity contribution >= 4 is 89.4 Å². The molecule has 2 rings (SSSR count). The zero-order valence-corrected chi connectivity index (χ0v) is 60.2. The highest BCUT2D eigenvalue weighted by Crippen LogP contribution is 2.31. The summed E-state index contributed by atoms with van der Waals surface area (Å²) in [6, 6.07) is -6.50. The molecule has 52 heteroatoms. The summed E-state index contributed by atoms with van der Waals surface area (Å²) in [5.74, 6) is -21.6. The average Bonchev–Trinajstić information content (AvgIpc) is 0.773. The molecule has 0 bridgehead atoms. The predicted octanol–water partition coefficient (Wildman–Crippen LogP) is -15.8. The number of aliphatic hydroxyl groups excluding tert-OH is 9. The first kappa shape index (κ1) is 99.2. The van der Waals surface area contributed by atoms with E-state index in [2.05, 4.69) is 16.0 Å². The Kier molecular flexibility index (Phi) is 45.2. The molecule has 0 spiro atoms. The molecule has 52 nitrogen and oxygen atoms in total. The molecular weight excluding hydrogens is 1530 g/mol. The highest BCUT2D eigenvalue weighted by Gasteiger charge is 2.54. The summed E-state index contributed by atoms with van der Waals surface area (Å²) in [4.78, 5) is 192. The standard InChI is InChI=1S/C60H100N12O40/c73-28-32(61-36(78)13-67(19-42(87)88)7-1-64(16-39(81)82)4-10-70(22-45(93)94)23-46(95)96)53(105)57(33(77)29-74)111-60-52(63-38(80)15-69(21-44(91)92)9-3-66(18-41(85)86)6-12-72(26-49(101)102)27-50(103)104)56(108)58(35(31-76)110-60)112-59-51(55(107)54(106)34(30-75)109-59)62-37(79)14-68(20-43(89)90)8-2-65(17-40(83)84)5-11-71(24-47(97)98)25-48(99)100/h32-35,51-60,73-77,105-108H,1-31H2,(H,61,78)(H,62,79)(H,63,80)(H,81,82)(H,83,84)(H,85,86)(H,87,88)(H,89,90)(H,91,92)(H,93,94)(H,95,96)(H,97,98)(H,99,100)(H,101,102)(H,103,104)/t32-,33-,34-,35-,51-,52-,53-,54-,55-,56-,57-,58-,59-,60-/m1/s1. The minimum Gasteiger partial charge on any atom is -0.480 e. The van der Waals surface area contributed by atoms with Gasteiger partial charge < -0.3 is 142 Å². The SMILES string of the molecule is O=C(O)CN(CCN(CC(=O)O)CC(=O)O)CCN(CC(=O)O)CC(=O)N[C@H]1[C@@H](O[C@@H]([C@H](O)[C@@H](CO)NC(=O)CN(CCN(CCN(CC(=O)O)CC(=O)O)CC(=O)O)CC(=O)O)[C@H](O)CO)O[C@H](CO)[C@@H](O[C@H]2O[C@H](CO)[C@@H](O)[C@H](O)[C@H]2NC(=O)CN(CCN(CCN(CC(=O)O)CC(=O)O)CC(=O)O)CC(=O)O)[C@@H]1O. The van der Waals surface area contributed by atoms with Gasteiger partial charge in [-0.3, -0.25) is 116 Å². The van der Waals surface area contributed by atoms with E-state index in [0.717, 1.165) is 44.1 Å². The molecule has 2 aliphatic rings. The normalized spacial score (nSPS) is 21.1. The van der Waals surface area contributed by atoms with Crippen molar-refractivity contribution < 1.29 is 198 Å². The molecule has 2 heterocycles. The zero-order chi connectivity index (χ0) is 84.8. The minimum absolute atomic E-state index is 0.314. The number of aliphatic carboxylic acids is 12. The zero-order valence-electron chi connectivity index (χ0n) is 60.2. The number of nitrogens with one attached hydrogen (secondary N) is 3. The number of carbonyl (C=O) groups excluding carboxylic acids is 3. The summed E-state index contributed by atoms with van der Waals surface area (Å²) in [7, 11) is 0. The first-order valence-electron chi connectivity index (χ1n) is 33.9. The molecule has 24 N–H and O–H groups in total. The number of hydrogen-bond donors (Lipinski definition) is 24. The molecule has 0 saturated carbocycles. The van der Waals surface area contributed by atoms with Crippen LogP contribution in [0.1, 0.15) is 0 Å². The third kappa shape index (κ3) is 39.1. The molecule has 112 heavy (non-hydrogen) atoms. The van der Waals surface area contributed by atoms with E-state index in [1.54, 1.807) is 0 Å². The second-order valence-corrected chi connectivity index (χ2v) is 25.7. The van der Waals surface area contributed by atoms with Gasteiger partial charge in [-0.15, -0.1) is 0 Å². The lowest BCUT2D eigenvalue weighted by Crippen LogP contribution is -2.70. The number of aliphatic hydroxyl groups is 9. The lowest BCUT2D eigenvalue weighted by molar-refractivity contribution is -0.341. The Morgan fingerprint density at radius 1 is 0.321 bits per heavy atom. The van der Waals surface area contributed by atoms with Crippen LogP contribution in [-0.4, -0.2) is 529 Å². The number of amides is 3. The summed E-state index contributed by atoms with van der Waals surface area (Å²) in [5.41, 5.74) is 0. The Bertz CT molecular complexity index is 3050. The molecule has 2 saturated heterocycles. The topological polar surface area (TPSA) is 783 Å². The van der Waals surface area contributed by atoms with Crippen LogP contribution in [0.5, 0.6) is 0 Å². The highest BCUT2D eigenvalue weighted by molar-refractivity contribution is 5.81. The number of rotatable bonds is 62. The second kappa shape index (κ2) is 51.0. The monoisotopic (exact) mass is 1630 g/mol. The van der Waals surface area contributed by atoms with Crippen LogP contribution in [0.15, 0.2) is 0 Å². The van der Waals surface area contributed by atoms with Crippen LogP contribution in [0.25, 0.3) is 0 Å². The van der Waals surface area contributed by atoms with E-state index in [1.807, 2.05) is 0 Å². The largest absolute Gasteiger partial charge is 0.480 e. The Labute approximate surface area is 634 Å². The average molecular weight is 1630 g/mol. The molecule has 0 radical (unpaired) electrons. The van der Waals surface area contributed by atoms with Gasteiger partial charge in [0.25, 0.3) is 0 Å². The second-order valence-electron chi connectivity index (χ2n) is 25.7. The fraction of sp³-hybridized carbons (Fsp3) is 0.750. The molecule has 0 aromatic heterocycles. The Hall–Kier alpha value is -8.83. The molecule has 0 aromatic carbocycles. The van der Waals surface area contributed by atoms with Gasteiger partial charge in [0.2, 0.25) is 17.7 Å². The summed E-state index contributed by atoms with van der Waals surface area (Å²) in [6.45, 7) is -23.2. The molecule has 0 aromatic rings. The van der Waals surface area contributed by atoms with Gasteiger partial charge in [0.15, 0.2) is 12.6 Å². The summed E-state index contributed by atoms with van der Waals surface area (Å²) >= 11 is 0. The molecule has 640 valence electrons. The van der Waals surface area contributed by atoms with Gasteiger partial charge in [-0.05, 0) is 0 Å². The van der Waals surface area contributed by atoms with Crippen molar-refractivity contribution in [2.45, 2.75) is 85.6 Å². The van der Waals surface area contributed by atoms with Crippen LogP contribution < -0.4 is 16.0 Å². The molecule has 0 aliphatic carbocycles. The smallest absolute Gasteiger partial charge is 0.317 e. The van der Waals surface area contributed by atoms with Crippen LogP contribution in [0, 0.1) is 0 Å². The van der Waals surface area contributed by atoms with Gasteiger partial charge in [0.05, 0.1) is 131 Å². The Morgan fingerprint density at radius 2 is 0.580 bits per heavy atom. The van der Waals surface area contributed by atoms with Crippen LogP contribution in [-0.2, 0) is 90.9 Å².